The van der Waals surface area contributed by atoms with E-state index in [2.05, 4.69) is 5.32 Å². The highest BCUT2D eigenvalue weighted by Crippen LogP contribution is 2.38. The number of anilines is 1. The van der Waals surface area contributed by atoms with Crippen molar-refractivity contribution < 1.29 is 19.1 Å². The van der Waals surface area contributed by atoms with Crippen molar-refractivity contribution in [2.75, 3.05) is 5.32 Å². The quantitative estimate of drug-likeness (QED) is 0.828. The third kappa shape index (κ3) is 3.55. The van der Waals surface area contributed by atoms with Gasteiger partial charge >= 0.3 is 5.97 Å². The minimum atomic E-state index is -1.10. The van der Waals surface area contributed by atoms with Gasteiger partial charge in [-0.05, 0) is 35.9 Å². The second kappa shape index (κ2) is 6.72. The van der Waals surface area contributed by atoms with Crippen LogP contribution in [0.25, 0.3) is 12.2 Å². The van der Waals surface area contributed by atoms with Crippen LogP contribution in [-0.2, 0) is 9.59 Å². The largest absolute Gasteiger partial charge is 0.478 e. The molecule has 4 nitrogen and oxygen atoms in total. The summed E-state index contributed by atoms with van der Waals surface area (Å²) >= 11 is 1.28. The fraction of sp³-hybridized carbons (Fsp3) is 0. The van der Waals surface area contributed by atoms with E-state index in [1.54, 1.807) is 12.1 Å². The van der Waals surface area contributed by atoms with Gasteiger partial charge in [-0.2, -0.15) is 0 Å². The first-order valence-corrected chi connectivity index (χ1v) is 7.85. The van der Waals surface area contributed by atoms with Gasteiger partial charge in [0.1, 0.15) is 5.82 Å². The fourth-order valence-electron chi connectivity index (χ4n) is 2.18. The lowest BCUT2D eigenvalue weighted by Crippen LogP contribution is -2.17. The number of benzene rings is 2. The van der Waals surface area contributed by atoms with Crippen LogP contribution in [-0.4, -0.2) is 17.0 Å². The van der Waals surface area contributed by atoms with E-state index in [0.717, 1.165) is 16.7 Å². The lowest BCUT2D eigenvalue weighted by Gasteiger charge is -2.18. The van der Waals surface area contributed by atoms with Gasteiger partial charge in [-0.1, -0.05) is 36.0 Å². The van der Waals surface area contributed by atoms with Crippen molar-refractivity contribution >= 4 is 41.5 Å². The summed E-state index contributed by atoms with van der Waals surface area (Å²) in [4.78, 5) is 23.9. The normalized spacial score (nSPS) is 15.4. The van der Waals surface area contributed by atoms with Crippen LogP contribution in [0.5, 0.6) is 0 Å². The Morgan fingerprint density at radius 3 is 2.75 bits per heavy atom. The minimum absolute atomic E-state index is 0.263. The van der Waals surface area contributed by atoms with Crippen LogP contribution in [0.4, 0.5) is 10.1 Å². The Hall–Kier alpha value is -2.86. The summed E-state index contributed by atoms with van der Waals surface area (Å²) in [7, 11) is 0. The van der Waals surface area contributed by atoms with Gasteiger partial charge in [0.05, 0.1) is 10.6 Å². The summed E-state index contributed by atoms with van der Waals surface area (Å²) in [6.45, 7) is 0. The van der Waals surface area contributed by atoms with Gasteiger partial charge in [0, 0.05) is 16.5 Å². The zero-order valence-electron chi connectivity index (χ0n) is 12.3. The van der Waals surface area contributed by atoms with Gasteiger partial charge in [-0.3, -0.25) is 4.79 Å². The molecule has 0 aromatic heterocycles. The molecule has 2 aromatic carbocycles. The van der Waals surface area contributed by atoms with Gasteiger partial charge in [0.15, 0.2) is 0 Å². The Morgan fingerprint density at radius 2 is 2.00 bits per heavy atom. The van der Waals surface area contributed by atoms with Crippen LogP contribution in [0.15, 0.2) is 58.3 Å². The third-order valence-electron chi connectivity index (χ3n) is 3.31. The van der Waals surface area contributed by atoms with E-state index in [0.29, 0.717) is 10.5 Å². The summed E-state index contributed by atoms with van der Waals surface area (Å²) in [6.07, 6.45) is 3.73. The molecule has 0 spiro atoms. The Labute approximate surface area is 141 Å². The molecule has 3 rings (SSSR count). The zero-order chi connectivity index (χ0) is 17.1. The predicted octanol–water partition coefficient (Wildman–Crippen LogP) is 4.01. The van der Waals surface area contributed by atoms with E-state index >= 15 is 0 Å². The number of nitrogens with one attached hydrogen (secondary N) is 1. The van der Waals surface area contributed by atoms with Crippen molar-refractivity contribution in [2.45, 2.75) is 4.90 Å². The van der Waals surface area contributed by atoms with E-state index in [1.165, 1.54) is 36.0 Å². The smallest absolute Gasteiger partial charge is 0.328 e. The Balaban J connectivity index is 1.89. The molecule has 0 aliphatic carbocycles. The van der Waals surface area contributed by atoms with E-state index in [9.17, 15) is 14.0 Å². The molecule has 120 valence electrons. The first-order chi connectivity index (χ1) is 11.5. The molecule has 1 aliphatic heterocycles. The van der Waals surface area contributed by atoms with Gasteiger partial charge in [-0.15, -0.1) is 0 Å². The van der Waals surface area contributed by atoms with Crippen molar-refractivity contribution in [3.05, 3.63) is 70.4 Å². The first-order valence-electron chi connectivity index (χ1n) is 7.03. The number of carbonyl (C=O) groups excluding carboxylic acids is 1. The number of hydrogen-bond acceptors (Lipinski definition) is 3. The molecule has 0 atom stereocenters. The number of rotatable bonds is 3. The number of hydrogen-bond donors (Lipinski definition) is 2. The SMILES string of the molecule is O=C(O)/C=C/c1ccc(C=C2Sc3ccccc3NC2=O)c(F)c1. The molecule has 24 heavy (non-hydrogen) atoms. The molecular weight excluding hydrogens is 329 g/mol. The van der Waals surface area contributed by atoms with Crippen LogP contribution < -0.4 is 5.32 Å². The Morgan fingerprint density at radius 1 is 1.21 bits per heavy atom. The molecule has 0 unspecified atom stereocenters. The highest BCUT2D eigenvalue weighted by Gasteiger charge is 2.20. The summed E-state index contributed by atoms with van der Waals surface area (Å²) < 4.78 is 14.2. The molecule has 0 saturated heterocycles. The van der Waals surface area contributed by atoms with Crippen LogP contribution >= 0.6 is 11.8 Å². The number of thioether (sulfide) groups is 1. The van der Waals surface area contributed by atoms with Gasteiger partial charge in [0.2, 0.25) is 0 Å². The summed E-state index contributed by atoms with van der Waals surface area (Å²) in [5.74, 6) is -1.91. The number of para-hydroxylation sites is 1. The van der Waals surface area contributed by atoms with Crippen LogP contribution in [0.3, 0.4) is 0 Å². The van der Waals surface area contributed by atoms with E-state index in [1.807, 2.05) is 18.2 Å². The maximum absolute atomic E-state index is 14.2. The molecule has 1 aliphatic rings. The number of halogens is 1. The topological polar surface area (TPSA) is 66.4 Å². The lowest BCUT2D eigenvalue weighted by atomic mass is 10.1. The van der Waals surface area contributed by atoms with Crippen molar-refractivity contribution in [3.63, 3.8) is 0 Å². The van der Waals surface area contributed by atoms with E-state index < -0.39 is 11.8 Å². The van der Waals surface area contributed by atoms with Crippen molar-refractivity contribution in [3.8, 4) is 0 Å². The molecule has 0 bridgehead atoms. The maximum atomic E-state index is 14.2. The maximum Gasteiger partial charge on any atom is 0.328 e. The highest BCUT2D eigenvalue weighted by molar-refractivity contribution is 8.04. The number of fused-ring (bicyclic) bond motifs is 1. The Bertz CT molecular complexity index is 890. The number of aliphatic carboxylic acids is 1. The van der Waals surface area contributed by atoms with Gasteiger partial charge < -0.3 is 10.4 Å². The second-order valence-electron chi connectivity index (χ2n) is 5.01. The molecule has 1 amide bonds. The summed E-state index contributed by atoms with van der Waals surface area (Å²) in [6, 6.07) is 11.7. The van der Waals surface area contributed by atoms with E-state index in [4.69, 9.17) is 5.11 Å². The molecule has 0 saturated carbocycles. The molecule has 2 aromatic rings. The zero-order valence-corrected chi connectivity index (χ0v) is 13.1. The van der Waals surface area contributed by atoms with Crippen molar-refractivity contribution in [1.82, 2.24) is 0 Å². The molecule has 1 heterocycles. The van der Waals surface area contributed by atoms with Gasteiger partial charge in [0.25, 0.3) is 5.91 Å². The molecule has 0 fully saturated rings. The second-order valence-corrected chi connectivity index (χ2v) is 6.10. The fourth-order valence-corrected chi connectivity index (χ4v) is 3.12. The average molecular weight is 341 g/mol. The van der Waals surface area contributed by atoms with Crippen LogP contribution in [0.2, 0.25) is 0 Å². The van der Waals surface area contributed by atoms with E-state index in [-0.39, 0.29) is 11.5 Å². The lowest BCUT2D eigenvalue weighted by molar-refractivity contribution is -0.131. The summed E-state index contributed by atoms with van der Waals surface area (Å²) in [5, 5.41) is 11.4. The van der Waals surface area contributed by atoms with Gasteiger partial charge in [-0.25, -0.2) is 9.18 Å². The molecular formula is C18H12FNO3S. The van der Waals surface area contributed by atoms with Crippen molar-refractivity contribution in [2.24, 2.45) is 0 Å². The van der Waals surface area contributed by atoms with Crippen LogP contribution in [0.1, 0.15) is 11.1 Å². The number of carboxylic acid groups (broad SMARTS) is 1. The number of amides is 1. The third-order valence-corrected chi connectivity index (χ3v) is 4.41. The standard InChI is InChI=1S/C18H12FNO3S/c19-13-9-11(6-8-17(21)22)5-7-12(13)10-16-18(23)20-14-3-1-2-4-15(14)24-16/h1-10H,(H,20,23)(H,21,22)/b8-6+,16-10?. The molecule has 2 N–H and O–H groups in total. The average Bonchev–Trinajstić information content (AvgIpc) is 2.55. The highest BCUT2D eigenvalue weighted by atomic mass is 32.2. The monoisotopic (exact) mass is 341 g/mol. The molecule has 0 radical (unpaired) electrons. The number of carbonyl (C=O) groups is 2. The summed E-state index contributed by atoms with van der Waals surface area (Å²) in [5.41, 5.74) is 1.43. The van der Waals surface area contributed by atoms with Crippen molar-refractivity contribution in [1.29, 1.82) is 0 Å². The minimum Gasteiger partial charge on any atom is -0.478 e. The molecule has 6 heteroatoms. The predicted molar refractivity (Wildman–Crippen MR) is 92.0 cm³/mol. The number of carboxylic acids is 1. The first kappa shape index (κ1) is 16.0. The van der Waals surface area contributed by atoms with Crippen LogP contribution in [0, 0.1) is 5.82 Å². The Kier molecular flexibility index (Phi) is 4.48.